The van der Waals surface area contributed by atoms with Crippen molar-refractivity contribution in [2.75, 3.05) is 0 Å². The number of nitrogens with zero attached hydrogens (tertiary/aromatic N) is 4. The molecule has 2 amide bonds. The summed E-state index contributed by atoms with van der Waals surface area (Å²) in [5.74, 6) is 3.14. The lowest BCUT2D eigenvalue weighted by Crippen LogP contribution is -2.43. The van der Waals surface area contributed by atoms with Crippen LogP contribution in [0.5, 0.6) is 0 Å². The molecule has 0 spiro atoms. The summed E-state index contributed by atoms with van der Waals surface area (Å²) in [4.78, 5) is 12.8. The van der Waals surface area contributed by atoms with Gasteiger partial charge in [-0.2, -0.15) is 4.80 Å². The third kappa shape index (κ3) is 4.10. The number of tetrazole rings is 1. The Morgan fingerprint density at radius 1 is 1.59 bits per heavy atom. The van der Waals surface area contributed by atoms with Gasteiger partial charge >= 0.3 is 6.03 Å². The topological polar surface area (TPSA) is 84.7 Å². The summed E-state index contributed by atoms with van der Waals surface area (Å²) in [6, 6.07) is -0.626. The summed E-state index contributed by atoms with van der Waals surface area (Å²) >= 11 is 0. The molecule has 0 aliphatic carbocycles. The van der Waals surface area contributed by atoms with Crippen molar-refractivity contribution in [1.29, 1.82) is 0 Å². The normalized spacial score (nSPS) is 11.9. The SMILES string of the molecule is C#C[C@H](NC(=O)NCc1nnn(C)n1)C(C)C. The molecule has 1 aromatic heterocycles. The molecule has 1 aromatic rings. The maximum atomic E-state index is 11.5. The van der Waals surface area contributed by atoms with Crippen molar-refractivity contribution in [2.24, 2.45) is 13.0 Å². The molecule has 1 heterocycles. The molecular weight excluding hydrogens is 220 g/mol. The predicted molar refractivity (Wildman–Crippen MR) is 61.6 cm³/mol. The number of amides is 2. The number of terminal acetylenes is 1. The second-order valence-electron chi connectivity index (χ2n) is 3.91. The molecule has 0 saturated carbocycles. The molecule has 0 aromatic carbocycles. The van der Waals surface area contributed by atoms with Crippen LogP contribution in [-0.2, 0) is 13.6 Å². The minimum absolute atomic E-state index is 0.181. The Balaban J connectivity index is 2.38. The first-order valence-corrected chi connectivity index (χ1v) is 5.26. The molecule has 0 fully saturated rings. The third-order valence-electron chi connectivity index (χ3n) is 2.09. The first-order valence-electron chi connectivity index (χ1n) is 5.26. The van der Waals surface area contributed by atoms with Gasteiger partial charge in [-0.05, 0) is 11.1 Å². The van der Waals surface area contributed by atoms with Crippen LogP contribution in [0.3, 0.4) is 0 Å². The highest BCUT2D eigenvalue weighted by atomic mass is 16.2. The largest absolute Gasteiger partial charge is 0.331 e. The van der Waals surface area contributed by atoms with E-state index in [4.69, 9.17) is 6.42 Å². The molecule has 1 atom stereocenters. The van der Waals surface area contributed by atoms with Crippen molar-refractivity contribution < 1.29 is 4.79 Å². The van der Waals surface area contributed by atoms with Gasteiger partial charge < -0.3 is 10.6 Å². The van der Waals surface area contributed by atoms with Crippen molar-refractivity contribution in [1.82, 2.24) is 30.8 Å². The van der Waals surface area contributed by atoms with E-state index < -0.39 is 0 Å². The number of hydrogen-bond acceptors (Lipinski definition) is 4. The van der Waals surface area contributed by atoms with Gasteiger partial charge in [0.25, 0.3) is 0 Å². The first-order chi connectivity index (χ1) is 8.02. The number of nitrogens with one attached hydrogen (secondary N) is 2. The van der Waals surface area contributed by atoms with Crippen molar-refractivity contribution in [3.8, 4) is 12.3 Å². The van der Waals surface area contributed by atoms with E-state index in [1.165, 1.54) is 4.80 Å². The van der Waals surface area contributed by atoms with Gasteiger partial charge in [0.05, 0.1) is 19.6 Å². The minimum atomic E-state index is -0.339. The maximum Gasteiger partial charge on any atom is 0.316 e. The number of aryl methyl sites for hydroxylation is 1. The lowest BCUT2D eigenvalue weighted by Gasteiger charge is -2.16. The van der Waals surface area contributed by atoms with Crippen LogP contribution in [0.2, 0.25) is 0 Å². The fourth-order valence-electron chi connectivity index (χ4n) is 1.15. The Kier molecular flexibility index (Phi) is 4.46. The Morgan fingerprint density at radius 2 is 2.29 bits per heavy atom. The maximum absolute atomic E-state index is 11.5. The van der Waals surface area contributed by atoms with E-state index in [-0.39, 0.29) is 24.5 Å². The molecule has 0 aliphatic rings. The summed E-state index contributed by atoms with van der Waals surface area (Å²) in [6.07, 6.45) is 5.30. The number of carbonyl (C=O) groups is 1. The Hall–Kier alpha value is -2.10. The zero-order chi connectivity index (χ0) is 12.8. The minimum Gasteiger partial charge on any atom is -0.331 e. The highest BCUT2D eigenvalue weighted by Gasteiger charge is 2.13. The Labute approximate surface area is 100.0 Å². The monoisotopic (exact) mass is 236 g/mol. The zero-order valence-electron chi connectivity index (χ0n) is 10.1. The first kappa shape index (κ1) is 13.0. The van der Waals surface area contributed by atoms with Crippen molar-refractivity contribution in [3.63, 3.8) is 0 Å². The van der Waals surface area contributed by atoms with Gasteiger partial charge in [-0.25, -0.2) is 4.79 Å². The van der Waals surface area contributed by atoms with Crippen LogP contribution in [0.4, 0.5) is 4.79 Å². The van der Waals surface area contributed by atoms with Crippen molar-refractivity contribution in [3.05, 3.63) is 5.82 Å². The van der Waals surface area contributed by atoms with E-state index >= 15 is 0 Å². The highest BCUT2D eigenvalue weighted by Crippen LogP contribution is 1.99. The Morgan fingerprint density at radius 3 is 2.76 bits per heavy atom. The molecule has 7 heteroatoms. The molecule has 0 unspecified atom stereocenters. The molecule has 1 rings (SSSR count). The van der Waals surface area contributed by atoms with Gasteiger partial charge in [0, 0.05) is 0 Å². The molecular formula is C10H16N6O. The summed E-state index contributed by atoms with van der Waals surface area (Å²) in [5, 5.41) is 16.6. The second-order valence-corrected chi connectivity index (χ2v) is 3.91. The lowest BCUT2D eigenvalue weighted by molar-refractivity contribution is 0.236. The highest BCUT2D eigenvalue weighted by molar-refractivity contribution is 5.74. The second kappa shape index (κ2) is 5.84. The summed E-state index contributed by atoms with van der Waals surface area (Å²) < 4.78 is 0. The molecule has 0 bridgehead atoms. The van der Waals surface area contributed by atoms with Gasteiger partial charge in [0.1, 0.15) is 0 Å². The van der Waals surface area contributed by atoms with Crippen LogP contribution in [0.1, 0.15) is 19.7 Å². The van der Waals surface area contributed by atoms with Gasteiger partial charge in [-0.1, -0.05) is 19.8 Å². The van der Waals surface area contributed by atoms with Crippen LogP contribution in [-0.4, -0.2) is 32.3 Å². The van der Waals surface area contributed by atoms with Crippen LogP contribution in [0, 0.1) is 18.3 Å². The van der Waals surface area contributed by atoms with Gasteiger partial charge in [0.15, 0.2) is 5.82 Å². The van der Waals surface area contributed by atoms with Crippen LogP contribution >= 0.6 is 0 Å². The number of urea groups is 1. The third-order valence-corrected chi connectivity index (χ3v) is 2.09. The van der Waals surface area contributed by atoms with Gasteiger partial charge in [-0.15, -0.1) is 16.6 Å². The van der Waals surface area contributed by atoms with Crippen LogP contribution < -0.4 is 10.6 Å². The lowest BCUT2D eigenvalue weighted by atomic mass is 10.1. The number of rotatable bonds is 4. The Bertz CT molecular complexity index is 419. The van der Waals surface area contributed by atoms with E-state index in [0.29, 0.717) is 5.82 Å². The average molecular weight is 236 g/mol. The van der Waals surface area contributed by atoms with E-state index in [1.54, 1.807) is 7.05 Å². The number of carbonyl (C=O) groups excluding carboxylic acids is 1. The molecule has 0 saturated heterocycles. The summed E-state index contributed by atoms with van der Waals surface area (Å²) in [6.45, 7) is 4.10. The molecule has 92 valence electrons. The molecule has 0 aliphatic heterocycles. The van der Waals surface area contributed by atoms with E-state index in [2.05, 4.69) is 32.0 Å². The predicted octanol–water partition coefficient (Wildman–Crippen LogP) is -0.333. The van der Waals surface area contributed by atoms with Crippen LogP contribution in [0.25, 0.3) is 0 Å². The smallest absolute Gasteiger partial charge is 0.316 e. The molecule has 0 radical (unpaired) electrons. The fourth-order valence-corrected chi connectivity index (χ4v) is 1.15. The van der Waals surface area contributed by atoms with E-state index in [9.17, 15) is 4.79 Å². The van der Waals surface area contributed by atoms with E-state index in [0.717, 1.165) is 0 Å². The standard InChI is InChI=1S/C10H16N6O/c1-5-8(7(2)3)12-10(17)11-6-9-13-15-16(4)14-9/h1,7-8H,6H2,2-4H3,(H2,11,12,17)/t8-/m0/s1. The fraction of sp³-hybridized carbons (Fsp3) is 0.600. The molecule has 17 heavy (non-hydrogen) atoms. The van der Waals surface area contributed by atoms with E-state index in [1.807, 2.05) is 13.8 Å². The molecule has 7 nitrogen and oxygen atoms in total. The van der Waals surface area contributed by atoms with Crippen LogP contribution in [0.15, 0.2) is 0 Å². The number of hydrogen-bond donors (Lipinski definition) is 2. The van der Waals surface area contributed by atoms with Crippen molar-refractivity contribution >= 4 is 6.03 Å². The average Bonchev–Trinajstić information content (AvgIpc) is 2.68. The summed E-state index contributed by atoms with van der Waals surface area (Å²) in [7, 11) is 1.66. The summed E-state index contributed by atoms with van der Waals surface area (Å²) in [5.41, 5.74) is 0. The quantitative estimate of drug-likeness (QED) is 0.701. The molecule has 2 N–H and O–H groups in total. The zero-order valence-corrected chi connectivity index (χ0v) is 10.1. The number of aromatic nitrogens is 4. The van der Waals surface area contributed by atoms with Gasteiger partial charge in [-0.3, -0.25) is 0 Å². The van der Waals surface area contributed by atoms with Gasteiger partial charge in [0.2, 0.25) is 0 Å². The van der Waals surface area contributed by atoms with Crippen molar-refractivity contribution in [2.45, 2.75) is 26.4 Å².